The summed E-state index contributed by atoms with van der Waals surface area (Å²) in [5.41, 5.74) is 5.42. The molecule has 0 bridgehead atoms. The van der Waals surface area contributed by atoms with Crippen molar-refractivity contribution in [2.45, 2.75) is 19.4 Å². The van der Waals surface area contributed by atoms with Gasteiger partial charge < -0.3 is 9.84 Å². The topological polar surface area (TPSA) is 64.3 Å². The van der Waals surface area contributed by atoms with Gasteiger partial charge in [0.2, 0.25) is 0 Å². The number of methoxy groups -OCH3 is 1. The number of phenolic OH excluding ortho intramolecular Hbond substituents is 1. The van der Waals surface area contributed by atoms with Crippen molar-refractivity contribution in [3.8, 4) is 17.0 Å². The van der Waals surface area contributed by atoms with Gasteiger partial charge in [-0.1, -0.05) is 30.3 Å². The van der Waals surface area contributed by atoms with E-state index in [0.29, 0.717) is 18.7 Å². The van der Waals surface area contributed by atoms with Crippen LogP contribution in [0.15, 0.2) is 48.5 Å². The molecule has 0 spiro atoms. The van der Waals surface area contributed by atoms with Gasteiger partial charge in [-0.2, -0.15) is 5.10 Å². The second-order valence-corrected chi connectivity index (χ2v) is 6.15. The van der Waals surface area contributed by atoms with Gasteiger partial charge in [-0.25, -0.2) is 4.79 Å². The minimum Gasteiger partial charge on any atom is -0.508 e. The van der Waals surface area contributed by atoms with Gasteiger partial charge in [-0.15, -0.1) is 0 Å². The fourth-order valence-corrected chi connectivity index (χ4v) is 3.45. The molecule has 0 atom stereocenters. The first-order valence-corrected chi connectivity index (χ1v) is 8.21. The van der Waals surface area contributed by atoms with Crippen molar-refractivity contribution in [3.63, 3.8) is 0 Å². The molecule has 1 aliphatic rings. The molecule has 1 heterocycles. The number of hydrogen-bond acceptors (Lipinski definition) is 4. The monoisotopic (exact) mass is 334 g/mol. The number of aryl methyl sites for hydroxylation is 1. The number of rotatable bonds is 3. The van der Waals surface area contributed by atoms with Gasteiger partial charge in [0.15, 0.2) is 5.69 Å². The lowest BCUT2D eigenvalue weighted by atomic mass is 9.88. The molecule has 126 valence electrons. The summed E-state index contributed by atoms with van der Waals surface area (Å²) >= 11 is 0. The van der Waals surface area contributed by atoms with Crippen LogP contribution in [0.1, 0.15) is 27.2 Å². The first-order chi connectivity index (χ1) is 12.2. The number of aromatic nitrogens is 2. The van der Waals surface area contributed by atoms with Crippen molar-refractivity contribution in [2.24, 2.45) is 0 Å². The smallest absolute Gasteiger partial charge is 0.358 e. The summed E-state index contributed by atoms with van der Waals surface area (Å²) < 4.78 is 6.79. The van der Waals surface area contributed by atoms with E-state index in [9.17, 15) is 9.90 Å². The number of carbonyl (C=O) groups excluding carboxylic acids is 1. The Hall–Kier alpha value is -3.08. The second-order valence-electron chi connectivity index (χ2n) is 6.15. The van der Waals surface area contributed by atoms with E-state index < -0.39 is 5.97 Å². The predicted molar refractivity (Wildman–Crippen MR) is 93.6 cm³/mol. The zero-order valence-corrected chi connectivity index (χ0v) is 13.9. The zero-order chi connectivity index (χ0) is 17.4. The Morgan fingerprint density at radius 1 is 1.20 bits per heavy atom. The number of ether oxygens (including phenoxy) is 1. The summed E-state index contributed by atoms with van der Waals surface area (Å²) in [5.74, 6) is -0.158. The van der Waals surface area contributed by atoms with Crippen molar-refractivity contribution in [1.29, 1.82) is 0 Å². The molecule has 0 aliphatic heterocycles. The van der Waals surface area contributed by atoms with Crippen molar-refractivity contribution in [3.05, 3.63) is 70.9 Å². The lowest BCUT2D eigenvalue weighted by Crippen LogP contribution is -2.09. The maximum absolute atomic E-state index is 12.2. The number of fused-ring (bicyclic) bond motifs is 3. The molecule has 1 N–H and O–H groups in total. The molecule has 5 nitrogen and oxygen atoms in total. The van der Waals surface area contributed by atoms with E-state index in [1.165, 1.54) is 7.11 Å². The molecule has 4 rings (SSSR count). The Kier molecular flexibility index (Phi) is 3.76. The number of benzene rings is 2. The number of esters is 1. The number of carbonyl (C=O) groups is 1. The molecule has 0 saturated heterocycles. The Morgan fingerprint density at radius 3 is 2.76 bits per heavy atom. The van der Waals surface area contributed by atoms with Crippen LogP contribution in [0.4, 0.5) is 0 Å². The maximum Gasteiger partial charge on any atom is 0.358 e. The standard InChI is InChI=1S/C20H18N2O3/c1-25-20(24)18-17-9-7-14-11-15(23)8-10-16(14)19(17)22(21-18)12-13-5-3-2-4-6-13/h2-6,8,10-11,23H,7,9,12H2,1H3. The molecular weight excluding hydrogens is 316 g/mol. The van der Waals surface area contributed by atoms with Crippen molar-refractivity contribution in [1.82, 2.24) is 9.78 Å². The molecule has 5 heteroatoms. The van der Waals surface area contributed by atoms with Gasteiger partial charge in [0.05, 0.1) is 19.3 Å². The molecule has 1 aromatic heterocycles. The van der Waals surface area contributed by atoms with Crippen LogP contribution in [0, 0.1) is 0 Å². The highest BCUT2D eigenvalue weighted by Gasteiger charge is 2.28. The minimum atomic E-state index is -0.412. The van der Waals surface area contributed by atoms with E-state index in [4.69, 9.17) is 4.74 Å². The third-order valence-corrected chi connectivity index (χ3v) is 4.59. The van der Waals surface area contributed by atoms with E-state index in [-0.39, 0.29) is 5.75 Å². The third-order valence-electron chi connectivity index (χ3n) is 4.59. The lowest BCUT2D eigenvalue weighted by Gasteiger charge is -2.19. The molecule has 1 aliphatic carbocycles. The van der Waals surface area contributed by atoms with Crippen LogP contribution < -0.4 is 0 Å². The SMILES string of the molecule is COC(=O)c1nn(Cc2ccccc2)c2c1CCc1cc(O)ccc1-2. The van der Waals surface area contributed by atoms with E-state index in [2.05, 4.69) is 5.10 Å². The first-order valence-electron chi connectivity index (χ1n) is 8.21. The van der Waals surface area contributed by atoms with Gasteiger partial charge >= 0.3 is 5.97 Å². The van der Waals surface area contributed by atoms with Gasteiger partial charge in [0.25, 0.3) is 0 Å². The number of phenols is 1. The predicted octanol–water partition coefficient (Wildman–Crippen LogP) is 3.19. The van der Waals surface area contributed by atoms with Gasteiger partial charge in [-0.05, 0) is 42.2 Å². The largest absolute Gasteiger partial charge is 0.508 e. The van der Waals surface area contributed by atoms with Crippen LogP contribution in [-0.2, 0) is 24.1 Å². The van der Waals surface area contributed by atoms with Crippen LogP contribution in [0.3, 0.4) is 0 Å². The molecule has 3 aromatic rings. The van der Waals surface area contributed by atoms with Crippen molar-refractivity contribution in [2.75, 3.05) is 7.11 Å². The van der Waals surface area contributed by atoms with Crippen LogP contribution in [0.5, 0.6) is 5.75 Å². The van der Waals surface area contributed by atoms with Crippen molar-refractivity contribution >= 4 is 5.97 Å². The zero-order valence-electron chi connectivity index (χ0n) is 13.9. The fraction of sp³-hybridized carbons (Fsp3) is 0.200. The van der Waals surface area contributed by atoms with Crippen LogP contribution in [-0.4, -0.2) is 28.0 Å². The molecule has 0 saturated carbocycles. The first kappa shape index (κ1) is 15.4. The number of nitrogens with zero attached hydrogens (tertiary/aromatic N) is 2. The highest BCUT2D eigenvalue weighted by molar-refractivity contribution is 5.92. The van der Waals surface area contributed by atoms with E-state index in [1.807, 2.05) is 41.1 Å². The molecule has 0 radical (unpaired) electrons. The summed E-state index contributed by atoms with van der Waals surface area (Å²) in [6.07, 6.45) is 1.46. The van der Waals surface area contributed by atoms with Crippen LogP contribution >= 0.6 is 0 Å². The number of aromatic hydroxyl groups is 1. The average molecular weight is 334 g/mol. The Morgan fingerprint density at radius 2 is 2.00 bits per heavy atom. The van der Waals surface area contributed by atoms with E-state index in [0.717, 1.165) is 34.4 Å². The quantitative estimate of drug-likeness (QED) is 0.747. The summed E-state index contributed by atoms with van der Waals surface area (Å²) in [6.45, 7) is 0.570. The van der Waals surface area contributed by atoms with Crippen LogP contribution in [0.25, 0.3) is 11.3 Å². The van der Waals surface area contributed by atoms with Gasteiger partial charge in [0, 0.05) is 11.1 Å². The normalized spacial score (nSPS) is 12.4. The second kappa shape index (κ2) is 6.09. The highest BCUT2D eigenvalue weighted by Crippen LogP contribution is 2.37. The fourth-order valence-electron chi connectivity index (χ4n) is 3.45. The van der Waals surface area contributed by atoms with E-state index >= 15 is 0 Å². The lowest BCUT2D eigenvalue weighted by molar-refractivity contribution is 0.0591. The van der Waals surface area contributed by atoms with E-state index in [1.54, 1.807) is 12.1 Å². The molecule has 0 amide bonds. The molecule has 2 aromatic carbocycles. The number of hydrogen-bond donors (Lipinski definition) is 1. The molecule has 25 heavy (non-hydrogen) atoms. The summed E-state index contributed by atoms with van der Waals surface area (Å²) in [7, 11) is 1.37. The molecule has 0 fully saturated rings. The van der Waals surface area contributed by atoms with Crippen molar-refractivity contribution < 1.29 is 14.6 Å². The average Bonchev–Trinajstić information content (AvgIpc) is 3.00. The highest BCUT2D eigenvalue weighted by atomic mass is 16.5. The molecular formula is C20H18N2O3. The Labute approximate surface area is 145 Å². The minimum absolute atomic E-state index is 0.254. The molecule has 0 unspecified atom stereocenters. The third kappa shape index (κ3) is 2.67. The van der Waals surface area contributed by atoms with Gasteiger partial charge in [0.1, 0.15) is 5.75 Å². The summed E-state index contributed by atoms with van der Waals surface area (Å²) in [5, 5.41) is 14.3. The Bertz CT molecular complexity index is 945. The summed E-state index contributed by atoms with van der Waals surface area (Å²) in [6, 6.07) is 15.4. The Balaban J connectivity index is 1.88. The maximum atomic E-state index is 12.2. The summed E-state index contributed by atoms with van der Waals surface area (Å²) in [4.78, 5) is 12.2. The van der Waals surface area contributed by atoms with Gasteiger partial charge in [-0.3, -0.25) is 4.68 Å². The van der Waals surface area contributed by atoms with Crippen LogP contribution in [0.2, 0.25) is 0 Å².